The lowest BCUT2D eigenvalue weighted by molar-refractivity contribution is -0.149. The third-order valence-electron chi connectivity index (χ3n) is 4.11. The van der Waals surface area contributed by atoms with Crippen molar-refractivity contribution in [2.24, 2.45) is 0 Å². The molecule has 1 unspecified atom stereocenters. The smallest absolute Gasteiger partial charge is 0.224 e. The van der Waals surface area contributed by atoms with Crippen LogP contribution in [0.25, 0.3) is 0 Å². The minimum Gasteiger partial charge on any atom is -0.361 e. The summed E-state index contributed by atoms with van der Waals surface area (Å²) in [6.45, 7) is 1.18. The van der Waals surface area contributed by atoms with Crippen LogP contribution in [0.2, 0.25) is 0 Å². The van der Waals surface area contributed by atoms with Crippen LogP contribution < -0.4 is 10.8 Å². The van der Waals surface area contributed by atoms with E-state index in [4.69, 9.17) is 4.84 Å². The van der Waals surface area contributed by atoms with Gasteiger partial charge in [0.1, 0.15) is 0 Å². The zero-order chi connectivity index (χ0) is 14.7. The summed E-state index contributed by atoms with van der Waals surface area (Å²) < 4.78 is 0. The Morgan fingerprint density at radius 2 is 2.14 bits per heavy atom. The van der Waals surface area contributed by atoms with Gasteiger partial charge in [-0.2, -0.15) is 5.48 Å². The summed E-state index contributed by atoms with van der Waals surface area (Å²) in [6, 6.07) is 10.3. The number of fused-ring (bicyclic) bond motifs is 1. The number of hydrogen-bond acceptors (Lipinski definition) is 5. The van der Waals surface area contributed by atoms with E-state index in [9.17, 15) is 9.90 Å². The highest BCUT2D eigenvalue weighted by molar-refractivity contribution is 5.77. The van der Waals surface area contributed by atoms with Crippen LogP contribution in [0.5, 0.6) is 0 Å². The lowest BCUT2D eigenvalue weighted by Gasteiger charge is -2.44. The first-order chi connectivity index (χ1) is 10.2. The molecular formula is C15H21N3O3. The molecule has 114 valence electrons. The van der Waals surface area contributed by atoms with E-state index in [1.165, 1.54) is 0 Å². The fourth-order valence-corrected chi connectivity index (χ4v) is 2.99. The van der Waals surface area contributed by atoms with Crippen molar-refractivity contribution in [1.29, 1.82) is 0 Å². The molecule has 0 aromatic heterocycles. The van der Waals surface area contributed by atoms with Crippen LogP contribution in [0, 0.1) is 0 Å². The van der Waals surface area contributed by atoms with E-state index in [0.29, 0.717) is 19.6 Å². The summed E-state index contributed by atoms with van der Waals surface area (Å²) in [5, 5.41) is 12.5. The Labute approximate surface area is 124 Å². The van der Waals surface area contributed by atoms with E-state index in [1.54, 1.807) is 0 Å². The van der Waals surface area contributed by atoms with Crippen LogP contribution >= 0.6 is 0 Å². The summed E-state index contributed by atoms with van der Waals surface area (Å²) in [7, 11) is 0. The Morgan fingerprint density at radius 1 is 1.33 bits per heavy atom. The van der Waals surface area contributed by atoms with Crippen LogP contribution in [0.1, 0.15) is 24.8 Å². The van der Waals surface area contributed by atoms with E-state index in [-0.39, 0.29) is 18.0 Å². The molecule has 6 nitrogen and oxygen atoms in total. The maximum Gasteiger partial charge on any atom is 0.224 e. The predicted molar refractivity (Wildman–Crippen MR) is 76.6 cm³/mol. The van der Waals surface area contributed by atoms with Gasteiger partial charge >= 0.3 is 0 Å². The van der Waals surface area contributed by atoms with Crippen molar-refractivity contribution in [2.45, 2.75) is 44.3 Å². The van der Waals surface area contributed by atoms with Crippen molar-refractivity contribution in [1.82, 2.24) is 15.7 Å². The van der Waals surface area contributed by atoms with Gasteiger partial charge in [0.05, 0.1) is 6.61 Å². The Bertz CT molecular complexity index is 482. The second kappa shape index (κ2) is 6.53. The molecule has 3 N–H and O–H groups in total. The molecular weight excluding hydrogens is 270 g/mol. The SMILES string of the molecule is O=C1C[C@@H]2CC[C@@H](NOCc3ccccc3)CN2C(O)N1. The van der Waals surface area contributed by atoms with Gasteiger partial charge in [0.25, 0.3) is 0 Å². The lowest BCUT2D eigenvalue weighted by atomic mass is 9.95. The number of piperidine rings is 1. The zero-order valence-electron chi connectivity index (χ0n) is 11.9. The van der Waals surface area contributed by atoms with Crippen molar-refractivity contribution in [3.05, 3.63) is 35.9 Å². The molecule has 3 atom stereocenters. The molecule has 1 aromatic carbocycles. The molecule has 0 saturated carbocycles. The molecule has 1 aromatic rings. The summed E-state index contributed by atoms with van der Waals surface area (Å²) in [4.78, 5) is 18.9. The Balaban J connectivity index is 1.47. The van der Waals surface area contributed by atoms with E-state index >= 15 is 0 Å². The van der Waals surface area contributed by atoms with Gasteiger partial charge in [-0.25, -0.2) is 0 Å². The Morgan fingerprint density at radius 3 is 2.95 bits per heavy atom. The van der Waals surface area contributed by atoms with Crippen molar-refractivity contribution in [3.63, 3.8) is 0 Å². The number of amides is 1. The average molecular weight is 291 g/mol. The molecule has 21 heavy (non-hydrogen) atoms. The van der Waals surface area contributed by atoms with Gasteiger partial charge < -0.3 is 10.4 Å². The number of benzene rings is 1. The van der Waals surface area contributed by atoms with Crippen LogP contribution in [0.4, 0.5) is 0 Å². The number of aliphatic hydroxyl groups excluding tert-OH is 1. The van der Waals surface area contributed by atoms with E-state index in [2.05, 4.69) is 10.8 Å². The van der Waals surface area contributed by atoms with Crippen LogP contribution in [0.15, 0.2) is 30.3 Å². The lowest BCUT2D eigenvalue weighted by Crippen LogP contribution is -2.63. The van der Waals surface area contributed by atoms with Crippen molar-refractivity contribution in [3.8, 4) is 0 Å². The molecule has 0 radical (unpaired) electrons. The third-order valence-corrected chi connectivity index (χ3v) is 4.11. The molecule has 2 heterocycles. The number of carbonyl (C=O) groups is 1. The van der Waals surface area contributed by atoms with Gasteiger partial charge in [-0.05, 0) is 18.4 Å². The maximum absolute atomic E-state index is 11.4. The van der Waals surface area contributed by atoms with E-state index < -0.39 is 6.35 Å². The van der Waals surface area contributed by atoms with Crippen LogP contribution in [0.3, 0.4) is 0 Å². The summed E-state index contributed by atoms with van der Waals surface area (Å²) in [5.74, 6) is -0.0736. The highest BCUT2D eigenvalue weighted by Crippen LogP contribution is 2.24. The molecule has 3 rings (SSSR count). The average Bonchev–Trinajstić information content (AvgIpc) is 2.49. The van der Waals surface area contributed by atoms with Gasteiger partial charge in [0.2, 0.25) is 5.91 Å². The van der Waals surface area contributed by atoms with Crippen LogP contribution in [-0.2, 0) is 16.2 Å². The number of nitrogens with zero attached hydrogens (tertiary/aromatic N) is 1. The number of hydroxylamine groups is 1. The van der Waals surface area contributed by atoms with E-state index in [0.717, 1.165) is 18.4 Å². The summed E-state index contributed by atoms with van der Waals surface area (Å²) >= 11 is 0. The molecule has 0 spiro atoms. The molecule has 2 saturated heterocycles. The van der Waals surface area contributed by atoms with Gasteiger partial charge in [-0.1, -0.05) is 30.3 Å². The highest BCUT2D eigenvalue weighted by atomic mass is 16.6. The van der Waals surface area contributed by atoms with Crippen molar-refractivity contribution in [2.75, 3.05) is 6.54 Å². The monoisotopic (exact) mass is 291 g/mol. The molecule has 0 bridgehead atoms. The Kier molecular flexibility index (Phi) is 4.50. The first-order valence-electron chi connectivity index (χ1n) is 7.37. The fourth-order valence-electron chi connectivity index (χ4n) is 2.99. The number of carbonyl (C=O) groups excluding carboxylic acids is 1. The topological polar surface area (TPSA) is 73.8 Å². The second-order valence-corrected chi connectivity index (χ2v) is 5.66. The van der Waals surface area contributed by atoms with Gasteiger partial charge in [-0.15, -0.1) is 0 Å². The first kappa shape index (κ1) is 14.5. The number of nitrogens with one attached hydrogen (secondary N) is 2. The number of hydrogen-bond donors (Lipinski definition) is 3. The molecule has 1 amide bonds. The third kappa shape index (κ3) is 3.59. The second-order valence-electron chi connectivity index (χ2n) is 5.66. The largest absolute Gasteiger partial charge is 0.361 e. The van der Waals surface area contributed by atoms with Gasteiger partial charge in [-0.3, -0.25) is 14.5 Å². The molecule has 2 aliphatic heterocycles. The number of aliphatic hydroxyl groups is 1. The van der Waals surface area contributed by atoms with Gasteiger partial charge in [0, 0.05) is 25.0 Å². The minimum atomic E-state index is -0.880. The maximum atomic E-state index is 11.4. The fraction of sp³-hybridized carbons (Fsp3) is 0.533. The molecule has 2 fully saturated rings. The molecule has 6 heteroatoms. The zero-order valence-corrected chi connectivity index (χ0v) is 11.9. The minimum absolute atomic E-state index is 0.0736. The molecule has 2 aliphatic rings. The summed E-state index contributed by atoms with van der Waals surface area (Å²) in [6.07, 6.45) is 1.41. The quantitative estimate of drug-likeness (QED) is 0.698. The van der Waals surface area contributed by atoms with Crippen molar-refractivity contribution >= 4 is 5.91 Å². The van der Waals surface area contributed by atoms with Crippen LogP contribution in [-0.4, -0.2) is 40.9 Å². The first-order valence-corrected chi connectivity index (χ1v) is 7.37. The normalized spacial score (nSPS) is 29.8. The standard InChI is InChI=1S/C15H21N3O3/c19-14-8-13-7-6-12(9-18(13)15(20)16-14)17-21-10-11-4-2-1-3-5-11/h1-5,12-13,15,17,20H,6-10H2,(H,16,19)/t12-,13+,15?/m1/s1. The highest BCUT2D eigenvalue weighted by Gasteiger charge is 2.37. The predicted octanol–water partition coefficient (Wildman–Crippen LogP) is 0.337. The number of rotatable bonds is 4. The van der Waals surface area contributed by atoms with Gasteiger partial charge in [0.15, 0.2) is 6.35 Å². The Hall–Kier alpha value is -1.47. The summed E-state index contributed by atoms with van der Waals surface area (Å²) in [5.41, 5.74) is 4.18. The molecule has 0 aliphatic carbocycles. The van der Waals surface area contributed by atoms with Crippen molar-refractivity contribution < 1.29 is 14.7 Å². The van der Waals surface area contributed by atoms with E-state index in [1.807, 2.05) is 35.2 Å².